The highest BCUT2D eigenvalue weighted by atomic mass is 35.5. The van der Waals surface area contributed by atoms with Crippen molar-refractivity contribution in [2.75, 3.05) is 5.88 Å². The molecule has 1 rings (SSSR count). The van der Waals surface area contributed by atoms with Crippen LogP contribution in [0, 0.1) is 10.1 Å². The first-order valence-electron chi connectivity index (χ1n) is 4.28. The van der Waals surface area contributed by atoms with Crippen molar-refractivity contribution >= 4 is 27.1 Å². The Labute approximate surface area is 97.1 Å². The van der Waals surface area contributed by atoms with Crippen LogP contribution < -0.4 is 0 Å². The largest absolute Gasteiger partial charge is 0.326 e. The summed E-state index contributed by atoms with van der Waals surface area (Å²) in [7, 11) is -2.44. The van der Waals surface area contributed by atoms with E-state index in [1.807, 2.05) is 0 Å². The minimum absolute atomic E-state index is 0.143. The number of nitrogens with zero attached hydrogens (tertiary/aromatic N) is 3. The number of nitro groups is 1. The highest BCUT2D eigenvalue weighted by molar-refractivity contribution is 7.92. The van der Waals surface area contributed by atoms with Gasteiger partial charge in [0.2, 0.25) is 9.84 Å². The van der Waals surface area contributed by atoms with Gasteiger partial charge in [0, 0.05) is 12.9 Å². The maximum atomic E-state index is 11.8. The standard InChI is InChI=1S/C7H10ClN3O4S/c1-5(3-8)16(14,15)7-6(11(12)13)4-10(2)9-7/h4-5H,3H2,1-2H3. The smallest absolute Gasteiger partial charge is 0.267 e. The zero-order chi connectivity index (χ0) is 12.5. The zero-order valence-electron chi connectivity index (χ0n) is 8.62. The van der Waals surface area contributed by atoms with E-state index in [1.165, 1.54) is 14.0 Å². The molecule has 1 aromatic heterocycles. The molecule has 0 aromatic carbocycles. The van der Waals surface area contributed by atoms with Crippen LogP contribution in [0.1, 0.15) is 6.92 Å². The summed E-state index contributed by atoms with van der Waals surface area (Å²) in [6.07, 6.45) is 1.05. The molecule has 0 fully saturated rings. The van der Waals surface area contributed by atoms with Gasteiger partial charge in [0.05, 0.1) is 10.2 Å². The van der Waals surface area contributed by atoms with Crippen LogP contribution in [0.5, 0.6) is 0 Å². The molecule has 0 radical (unpaired) electrons. The summed E-state index contributed by atoms with van der Waals surface area (Å²) in [5.41, 5.74) is -0.528. The monoisotopic (exact) mass is 267 g/mol. The van der Waals surface area contributed by atoms with Crippen molar-refractivity contribution in [3.05, 3.63) is 16.3 Å². The lowest BCUT2D eigenvalue weighted by molar-refractivity contribution is -0.387. The second kappa shape index (κ2) is 4.38. The third-order valence-corrected chi connectivity index (χ3v) is 4.69. The van der Waals surface area contributed by atoms with Crippen molar-refractivity contribution in [2.45, 2.75) is 17.2 Å². The van der Waals surface area contributed by atoms with Crippen molar-refractivity contribution in [3.63, 3.8) is 0 Å². The summed E-state index contributed by atoms with van der Waals surface area (Å²) in [6, 6.07) is 0. The fourth-order valence-electron chi connectivity index (χ4n) is 1.06. The molecule has 0 saturated carbocycles. The average molecular weight is 268 g/mol. The van der Waals surface area contributed by atoms with Gasteiger partial charge in [0.1, 0.15) is 6.20 Å². The predicted octanol–water partition coefficient (Wildman–Crippen LogP) is 0.729. The van der Waals surface area contributed by atoms with Crippen LogP contribution in [-0.4, -0.2) is 34.3 Å². The highest BCUT2D eigenvalue weighted by Crippen LogP contribution is 2.25. The molecule has 1 heterocycles. The second-order valence-corrected chi connectivity index (χ2v) is 5.85. The van der Waals surface area contributed by atoms with Crippen LogP contribution in [0.3, 0.4) is 0 Å². The number of halogens is 1. The summed E-state index contributed by atoms with van der Waals surface area (Å²) in [6.45, 7) is 1.38. The molecule has 9 heteroatoms. The number of alkyl halides is 1. The number of rotatable bonds is 4. The normalized spacial score (nSPS) is 13.7. The maximum absolute atomic E-state index is 11.8. The lowest BCUT2D eigenvalue weighted by Gasteiger charge is -2.05. The molecule has 16 heavy (non-hydrogen) atoms. The van der Waals surface area contributed by atoms with E-state index in [4.69, 9.17) is 11.6 Å². The third-order valence-electron chi connectivity index (χ3n) is 1.99. The lowest BCUT2D eigenvalue weighted by atomic mass is 10.6. The fraction of sp³-hybridized carbons (Fsp3) is 0.571. The molecule has 0 aliphatic carbocycles. The van der Waals surface area contributed by atoms with Crippen LogP contribution in [0.25, 0.3) is 0 Å². The molecule has 0 saturated heterocycles. The van der Waals surface area contributed by atoms with E-state index < -0.39 is 30.7 Å². The molecule has 1 unspecified atom stereocenters. The van der Waals surface area contributed by atoms with Gasteiger partial charge in [-0.2, -0.15) is 5.10 Å². The quantitative estimate of drug-likeness (QED) is 0.455. The molecule has 0 N–H and O–H groups in total. The molecule has 1 atom stereocenters. The zero-order valence-corrected chi connectivity index (χ0v) is 10.2. The summed E-state index contributed by atoms with van der Waals surface area (Å²) in [4.78, 5) is 9.87. The van der Waals surface area contributed by atoms with E-state index >= 15 is 0 Å². The van der Waals surface area contributed by atoms with Crippen LogP contribution in [-0.2, 0) is 16.9 Å². The van der Waals surface area contributed by atoms with E-state index in [-0.39, 0.29) is 5.88 Å². The van der Waals surface area contributed by atoms with Crippen molar-refractivity contribution in [1.82, 2.24) is 9.78 Å². The van der Waals surface area contributed by atoms with Gasteiger partial charge in [-0.25, -0.2) is 8.42 Å². The summed E-state index contributed by atoms with van der Waals surface area (Å²) >= 11 is 5.44. The molecular weight excluding hydrogens is 258 g/mol. The minimum Gasteiger partial charge on any atom is -0.267 e. The maximum Gasteiger partial charge on any atom is 0.326 e. The summed E-state index contributed by atoms with van der Waals surface area (Å²) < 4.78 is 24.8. The van der Waals surface area contributed by atoms with Crippen LogP contribution in [0.15, 0.2) is 11.2 Å². The van der Waals surface area contributed by atoms with Crippen LogP contribution in [0.4, 0.5) is 5.69 Å². The first-order valence-corrected chi connectivity index (χ1v) is 6.36. The number of hydrogen-bond donors (Lipinski definition) is 0. The van der Waals surface area contributed by atoms with Gasteiger partial charge < -0.3 is 0 Å². The molecule has 0 aliphatic rings. The Hall–Kier alpha value is -1.15. The van der Waals surface area contributed by atoms with E-state index in [1.54, 1.807) is 0 Å². The third kappa shape index (κ3) is 2.17. The number of hydrogen-bond acceptors (Lipinski definition) is 5. The van der Waals surface area contributed by atoms with Gasteiger partial charge in [0.15, 0.2) is 0 Å². The van der Waals surface area contributed by atoms with Crippen molar-refractivity contribution < 1.29 is 13.3 Å². The molecule has 90 valence electrons. The number of aryl methyl sites for hydroxylation is 1. The van der Waals surface area contributed by atoms with Crippen molar-refractivity contribution in [1.29, 1.82) is 0 Å². The van der Waals surface area contributed by atoms with Gasteiger partial charge in [-0.3, -0.25) is 14.8 Å². The molecule has 0 aliphatic heterocycles. The summed E-state index contributed by atoms with van der Waals surface area (Å²) in [5.74, 6) is -0.143. The molecule has 0 amide bonds. The molecule has 1 aromatic rings. The first-order chi connectivity index (χ1) is 7.30. The Morgan fingerprint density at radius 2 is 2.25 bits per heavy atom. The minimum atomic E-state index is -3.85. The van der Waals surface area contributed by atoms with Gasteiger partial charge in [0.25, 0.3) is 5.03 Å². The first kappa shape index (κ1) is 12.9. The number of aromatic nitrogens is 2. The van der Waals surface area contributed by atoms with E-state index in [0.717, 1.165) is 10.9 Å². The van der Waals surface area contributed by atoms with Crippen molar-refractivity contribution in [2.24, 2.45) is 7.05 Å². The lowest BCUT2D eigenvalue weighted by Crippen LogP contribution is -2.21. The van der Waals surface area contributed by atoms with Crippen LogP contribution in [0.2, 0.25) is 0 Å². The topological polar surface area (TPSA) is 95.1 Å². The van der Waals surface area contributed by atoms with Gasteiger partial charge >= 0.3 is 5.69 Å². The molecular formula is C7H10ClN3O4S. The average Bonchev–Trinajstić information content (AvgIpc) is 2.59. The summed E-state index contributed by atoms with van der Waals surface area (Å²) in [5, 5.41) is 12.8. The van der Waals surface area contributed by atoms with Crippen molar-refractivity contribution in [3.8, 4) is 0 Å². The van der Waals surface area contributed by atoms with Crippen LogP contribution >= 0.6 is 11.6 Å². The van der Waals surface area contributed by atoms with Gasteiger partial charge in [-0.05, 0) is 6.92 Å². The fourth-order valence-corrected chi connectivity index (χ4v) is 2.76. The molecule has 0 spiro atoms. The Morgan fingerprint density at radius 1 is 1.69 bits per heavy atom. The Morgan fingerprint density at radius 3 is 2.69 bits per heavy atom. The van der Waals surface area contributed by atoms with E-state index in [0.29, 0.717) is 0 Å². The van der Waals surface area contributed by atoms with E-state index in [2.05, 4.69) is 5.10 Å². The predicted molar refractivity (Wildman–Crippen MR) is 57.2 cm³/mol. The number of sulfone groups is 1. The van der Waals surface area contributed by atoms with Gasteiger partial charge in [-0.15, -0.1) is 11.6 Å². The molecule has 7 nitrogen and oxygen atoms in total. The molecule has 0 bridgehead atoms. The Bertz CT molecular complexity index is 510. The highest BCUT2D eigenvalue weighted by Gasteiger charge is 2.34. The SMILES string of the molecule is CC(CCl)S(=O)(=O)c1nn(C)cc1[N+](=O)[O-]. The Balaban J connectivity index is 3.38. The Kier molecular flexibility index (Phi) is 3.54. The second-order valence-electron chi connectivity index (χ2n) is 3.26. The van der Waals surface area contributed by atoms with Gasteiger partial charge in [-0.1, -0.05) is 0 Å². The van der Waals surface area contributed by atoms with E-state index in [9.17, 15) is 18.5 Å².